The Labute approximate surface area is 261 Å². The molecule has 6 nitrogen and oxygen atoms in total. The lowest BCUT2D eigenvalue weighted by Crippen LogP contribution is -2.49. The van der Waals surface area contributed by atoms with Crippen molar-refractivity contribution in [3.8, 4) is 5.75 Å². The summed E-state index contributed by atoms with van der Waals surface area (Å²) in [6, 6.07) is 11.9. The second-order valence-corrected chi connectivity index (χ2v) is 16.5. The highest BCUT2D eigenvalue weighted by Crippen LogP contribution is 2.47. The van der Waals surface area contributed by atoms with Crippen LogP contribution in [0.1, 0.15) is 73.4 Å². The Kier molecular flexibility index (Phi) is 7.58. The summed E-state index contributed by atoms with van der Waals surface area (Å²) in [5.74, 6) is 5.39. The molecule has 2 fully saturated rings. The third-order valence-corrected chi connectivity index (χ3v) is 13.4. The Balaban J connectivity index is 1.29. The van der Waals surface area contributed by atoms with Crippen LogP contribution in [0.4, 0.5) is 5.69 Å². The number of nitrogens with one attached hydrogen (secondary N) is 1. The molecule has 5 aliphatic rings. The quantitative estimate of drug-likeness (QED) is 0.304. The molecular formula is C35H43ClN2O4S. The fourth-order valence-electron chi connectivity index (χ4n) is 8.38. The number of hydrogen-bond acceptors (Lipinski definition) is 5. The van der Waals surface area contributed by atoms with E-state index in [2.05, 4.69) is 40.6 Å². The van der Waals surface area contributed by atoms with Crippen LogP contribution in [0.25, 0.3) is 0 Å². The number of rotatable bonds is 1. The lowest BCUT2D eigenvalue weighted by atomic mass is 9.68. The molecule has 2 N–H and O–H groups in total. The van der Waals surface area contributed by atoms with Crippen molar-refractivity contribution in [1.82, 2.24) is 4.72 Å². The van der Waals surface area contributed by atoms with Gasteiger partial charge in [-0.25, -0.2) is 4.21 Å². The molecule has 43 heavy (non-hydrogen) atoms. The van der Waals surface area contributed by atoms with E-state index < -0.39 is 15.8 Å². The van der Waals surface area contributed by atoms with E-state index in [-0.39, 0.29) is 28.4 Å². The Morgan fingerprint density at radius 2 is 1.95 bits per heavy atom. The molecular weight excluding hydrogens is 580 g/mol. The topological polar surface area (TPSA) is 78.9 Å². The van der Waals surface area contributed by atoms with Crippen molar-refractivity contribution in [2.75, 3.05) is 24.6 Å². The molecule has 1 amide bonds. The highest BCUT2D eigenvalue weighted by Gasteiger charge is 2.45. The molecule has 2 saturated carbocycles. The molecule has 2 aliphatic heterocycles. The molecule has 8 heteroatoms. The summed E-state index contributed by atoms with van der Waals surface area (Å²) >= 11 is 6.42. The van der Waals surface area contributed by atoms with Crippen molar-refractivity contribution in [3.05, 3.63) is 70.3 Å². The van der Waals surface area contributed by atoms with Crippen LogP contribution in [0.2, 0.25) is 5.02 Å². The Bertz CT molecular complexity index is 1550. The van der Waals surface area contributed by atoms with Crippen LogP contribution >= 0.6 is 11.6 Å². The van der Waals surface area contributed by atoms with Gasteiger partial charge in [0.05, 0.1) is 33.4 Å². The maximum atomic E-state index is 14.1. The molecule has 2 aromatic rings. The first kappa shape index (κ1) is 29.2. The highest BCUT2D eigenvalue weighted by molar-refractivity contribution is 7.99. The number of carbonyl (C=O) groups is 1. The molecule has 7 rings (SSSR count). The van der Waals surface area contributed by atoms with Gasteiger partial charge in [0.1, 0.15) is 5.75 Å². The maximum Gasteiger partial charge on any atom is 0.262 e. The van der Waals surface area contributed by atoms with E-state index in [9.17, 15) is 14.1 Å². The fraction of sp³-hybridized carbons (Fsp3) is 0.543. The van der Waals surface area contributed by atoms with Crippen molar-refractivity contribution in [3.63, 3.8) is 0 Å². The minimum Gasteiger partial charge on any atom is -0.490 e. The van der Waals surface area contributed by atoms with E-state index in [1.165, 1.54) is 11.1 Å². The predicted octanol–water partition coefficient (Wildman–Crippen LogP) is 5.94. The van der Waals surface area contributed by atoms with Gasteiger partial charge in [0.25, 0.3) is 5.91 Å². The second-order valence-electron chi connectivity index (χ2n) is 13.9. The average Bonchev–Trinajstić information content (AvgIpc) is 3.78. The Hall–Kier alpha value is -2.48. The number of amides is 1. The summed E-state index contributed by atoms with van der Waals surface area (Å²) in [5, 5.41) is 11.8. The molecule has 7 atom stereocenters. The van der Waals surface area contributed by atoms with Gasteiger partial charge in [0.15, 0.2) is 0 Å². The van der Waals surface area contributed by atoms with Crippen molar-refractivity contribution in [2.24, 2.45) is 23.7 Å². The van der Waals surface area contributed by atoms with E-state index in [4.69, 9.17) is 16.3 Å². The molecule has 230 valence electrons. The van der Waals surface area contributed by atoms with Crippen LogP contribution in [-0.2, 0) is 21.5 Å². The maximum absolute atomic E-state index is 14.1. The number of ether oxygens (including phenoxy) is 1. The summed E-state index contributed by atoms with van der Waals surface area (Å²) in [6.45, 7) is 4.16. The minimum atomic E-state index is -2.91. The molecule has 1 unspecified atom stereocenters. The third-order valence-electron chi connectivity index (χ3n) is 10.9. The normalized spacial score (nSPS) is 36.8. The lowest BCUT2D eigenvalue weighted by Gasteiger charge is -2.45. The monoisotopic (exact) mass is 622 g/mol. The zero-order valence-corrected chi connectivity index (χ0v) is 26.5. The summed E-state index contributed by atoms with van der Waals surface area (Å²) in [6.07, 6.45) is 11.3. The first-order valence-corrected chi connectivity index (χ1v) is 18.1. The Morgan fingerprint density at radius 1 is 1.14 bits per heavy atom. The average molecular weight is 623 g/mol. The SMILES string of the molecule is C=S1(=O)NC(=O)c2ccc3c(c2)N(C[C@@H]2CC[C@H]2[C@@H](O)/C=C/C[C@@H](C)[C@@H]1C1CC1)C[C@@]1(CCCc2cc(Cl)ccc21)CO3. The highest BCUT2D eigenvalue weighted by atomic mass is 35.5. The van der Waals surface area contributed by atoms with E-state index in [1.54, 1.807) is 6.07 Å². The van der Waals surface area contributed by atoms with Gasteiger partial charge in [-0.05, 0) is 122 Å². The number of hydrogen-bond donors (Lipinski definition) is 2. The summed E-state index contributed by atoms with van der Waals surface area (Å²) < 4.78 is 23.5. The summed E-state index contributed by atoms with van der Waals surface area (Å²) in [4.78, 5) is 16.1. The van der Waals surface area contributed by atoms with Gasteiger partial charge in [-0.1, -0.05) is 36.7 Å². The van der Waals surface area contributed by atoms with Gasteiger partial charge >= 0.3 is 0 Å². The van der Waals surface area contributed by atoms with Crippen LogP contribution < -0.4 is 14.4 Å². The minimum absolute atomic E-state index is 0.0757. The van der Waals surface area contributed by atoms with Gasteiger partial charge in [-0.2, -0.15) is 0 Å². The van der Waals surface area contributed by atoms with Crippen molar-refractivity contribution >= 4 is 38.8 Å². The van der Waals surface area contributed by atoms with Crippen molar-refractivity contribution in [1.29, 1.82) is 0 Å². The predicted molar refractivity (Wildman–Crippen MR) is 175 cm³/mol. The van der Waals surface area contributed by atoms with E-state index in [1.807, 2.05) is 24.3 Å². The van der Waals surface area contributed by atoms with Gasteiger partial charge in [-0.15, -0.1) is 0 Å². The van der Waals surface area contributed by atoms with Gasteiger partial charge in [0.2, 0.25) is 0 Å². The first-order chi connectivity index (χ1) is 20.6. The smallest absolute Gasteiger partial charge is 0.262 e. The molecule has 1 spiro atoms. The van der Waals surface area contributed by atoms with Crippen LogP contribution in [-0.4, -0.2) is 52.1 Å². The van der Waals surface area contributed by atoms with Crippen LogP contribution in [0.3, 0.4) is 0 Å². The largest absolute Gasteiger partial charge is 0.490 e. The standard InChI is InChI=1S/C35H43ClN2O4S/c1-22-5-3-7-31(39)28-13-10-26(28)19-38-20-35(16-4-6-24-17-27(36)12-14-29(24)35)21-42-32-15-11-25(18-30(32)38)34(40)37-43(2,41)33(22)23-8-9-23/h3,7,11-12,14-15,17-18,22-23,26,28,31,33,39H,2,4-6,8-10,13,16,19-21H2,1H3,(H,37,40,41)/b7-3+/t22-,26+,28-,31+,33-,35+,43?/m1/s1. The number of aliphatic hydroxyl groups is 1. The number of aliphatic hydroxyl groups excluding tert-OH is 1. The molecule has 2 aromatic carbocycles. The molecule has 0 aromatic heterocycles. The number of aryl methyl sites for hydroxylation is 1. The molecule has 2 heterocycles. The fourth-order valence-corrected chi connectivity index (χ4v) is 10.9. The van der Waals surface area contributed by atoms with Crippen molar-refractivity contribution in [2.45, 2.75) is 75.1 Å². The number of anilines is 1. The van der Waals surface area contributed by atoms with Gasteiger partial charge < -0.3 is 14.7 Å². The zero-order chi connectivity index (χ0) is 29.9. The molecule has 0 radical (unpaired) electrons. The number of fused-ring (bicyclic) bond motifs is 4. The second kappa shape index (κ2) is 11.1. The number of allylic oxidation sites excluding steroid dienone is 1. The van der Waals surface area contributed by atoms with Gasteiger partial charge in [-0.3, -0.25) is 9.52 Å². The first-order valence-electron chi connectivity index (χ1n) is 16.0. The number of halogens is 1. The van der Waals surface area contributed by atoms with Crippen LogP contribution in [0, 0.1) is 23.7 Å². The zero-order valence-electron chi connectivity index (χ0n) is 25.0. The number of nitrogens with zero attached hydrogens (tertiary/aromatic N) is 1. The molecule has 2 bridgehead atoms. The number of carbonyl (C=O) groups excluding carboxylic acids is 1. The third kappa shape index (κ3) is 5.51. The van der Waals surface area contributed by atoms with E-state index >= 15 is 0 Å². The van der Waals surface area contributed by atoms with E-state index in [0.29, 0.717) is 30.4 Å². The summed E-state index contributed by atoms with van der Waals surface area (Å²) in [5.41, 5.74) is 3.72. The number of benzene rings is 2. The van der Waals surface area contributed by atoms with Crippen LogP contribution in [0.15, 0.2) is 48.6 Å². The lowest BCUT2D eigenvalue weighted by molar-refractivity contribution is 0.0455. The molecule has 3 aliphatic carbocycles. The van der Waals surface area contributed by atoms with E-state index in [0.717, 1.165) is 74.5 Å². The van der Waals surface area contributed by atoms with Crippen molar-refractivity contribution < 1.29 is 18.8 Å². The Morgan fingerprint density at radius 3 is 2.72 bits per heavy atom. The molecule has 0 saturated heterocycles. The van der Waals surface area contributed by atoms with Crippen LogP contribution in [0.5, 0.6) is 5.75 Å². The van der Waals surface area contributed by atoms with Gasteiger partial charge in [0, 0.05) is 29.1 Å². The summed E-state index contributed by atoms with van der Waals surface area (Å²) in [7, 11) is -2.91.